The summed E-state index contributed by atoms with van der Waals surface area (Å²) in [5.74, 6) is -0.364. The van der Waals surface area contributed by atoms with E-state index < -0.39 is 0 Å². The number of amides is 1. The SMILES string of the molecule is CCCN(C(=O)c1ccc(F)c(Br)c1)C1CCNC1. The molecular formula is C14H18BrFN2O. The van der Waals surface area contributed by atoms with Crippen molar-refractivity contribution in [3.05, 3.63) is 34.1 Å². The lowest BCUT2D eigenvalue weighted by Crippen LogP contribution is -2.42. The maximum atomic E-state index is 13.2. The van der Waals surface area contributed by atoms with Gasteiger partial charge in [0.2, 0.25) is 0 Å². The van der Waals surface area contributed by atoms with Gasteiger partial charge in [-0.15, -0.1) is 0 Å². The number of hydrogen-bond donors (Lipinski definition) is 1. The van der Waals surface area contributed by atoms with Crippen LogP contribution in [0.4, 0.5) is 4.39 Å². The van der Waals surface area contributed by atoms with Crippen LogP contribution in [0.15, 0.2) is 22.7 Å². The van der Waals surface area contributed by atoms with Crippen molar-refractivity contribution in [3.8, 4) is 0 Å². The molecule has 1 unspecified atom stereocenters. The smallest absolute Gasteiger partial charge is 0.254 e. The van der Waals surface area contributed by atoms with Crippen molar-refractivity contribution in [2.24, 2.45) is 0 Å². The summed E-state index contributed by atoms with van der Waals surface area (Å²) in [6.45, 7) is 4.59. The number of hydrogen-bond acceptors (Lipinski definition) is 2. The van der Waals surface area contributed by atoms with E-state index in [1.54, 1.807) is 12.1 Å². The largest absolute Gasteiger partial charge is 0.334 e. The van der Waals surface area contributed by atoms with Gasteiger partial charge in [0.25, 0.3) is 5.91 Å². The van der Waals surface area contributed by atoms with E-state index in [9.17, 15) is 9.18 Å². The van der Waals surface area contributed by atoms with E-state index in [4.69, 9.17) is 0 Å². The van der Waals surface area contributed by atoms with Gasteiger partial charge >= 0.3 is 0 Å². The van der Waals surface area contributed by atoms with E-state index in [0.29, 0.717) is 10.0 Å². The molecule has 0 radical (unpaired) electrons. The number of carbonyl (C=O) groups is 1. The van der Waals surface area contributed by atoms with Gasteiger partial charge in [0.05, 0.1) is 4.47 Å². The Hall–Kier alpha value is -0.940. The van der Waals surface area contributed by atoms with Gasteiger partial charge in [-0.2, -0.15) is 0 Å². The Labute approximate surface area is 121 Å². The molecule has 1 N–H and O–H groups in total. The minimum atomic E-state index is -0.346. The van der Waals surface area contributed by atoms with Gasteiger partial charge in [0.1, 0.15) is 5.82 Å². The van der Waals surface area contributed by atoms with Crippen LogP contribution in [0, 0.1) is 5.82 Å². The zero-order valence-electron chi connectivity index (χ0n) is 11.0. The Morgan fingerprint density at radius 2 is 2.37 bits per heavy atom. The van der Waals surface area contributed by atoms with Crippen molar-refractivity contribution in [1.29, 1.82) is 0 Å². The lowest BCUT2D eigenvalue weighted by Gasteiger charge is -2.28. The molecule has 1 amide bonds. The zero-order valence-corrected chi connectivity index (χ0v) is 12.5. The Morgan fingerprint density at radius 1 is 1.58 bits per heavy atom. The number of halogens is 2. The maximum Gasteiger partial charge on any atom is 0.254 e. The summed E-state index contributed by atoms with van der Waals surface area (Å²) in [6, 6.07) is 4.68. The molecule has 0 saturated carbocycles. The molecule has 1 heterocycles. The molecule has 3 nitrogen and oxygen atoms in total. The zero-order chi connectivity index (χ0) is 13.8. The lowest BCUT2D eigenvalue weighted by molar-refractivity contribution is 0.0692. The normalized spacial score (nSPS) is 18.6. The first-order valence-electron chi connectivity index (χ1n) is 6.60. The quantitative estimate of drug-likeness (QED) is 0.921. The molecule has 0 aliphatic carbocycles. The first-order valence-corrected chi connectivity index (χ1v) is 7.39. The Morgan fingerprint density at radius 3 is 2.95 bits per heavy atom. The standard InChI is InChI=1S/C14H18BrFN2O/c1-2-7-18(11-5-6-17-9-11)14(19)10-3-4-13(16)12(15)8-10/h3-4,8,11,17H,2,5-7,9H2,1H3. The first-order chi connectivity index (χ1) is 9.13. The number of nitrogens with one attached hydrogen (secondary N) is 1. The van der Waals surface area contributed by atoms with Gasteiger partial charge in [-0.05, 0) is 53.5 Å². The molecule has 0 aromatic heterocycles. The van der Waals surface area contributed by atoms with Gasteiger partial charge in [0, 0.05) is 24.7 Å². The fraction of sp³-hybridized carbons (Fsp3) is 0.500. The second-order valence-corrected chi connectivity index (χ2v) is 5.63. The van der Waals surface area contributed by atoms with Crippen LogP contribution in [0.3, 0.4) is 0 Å². The van der Waals surface area contributed by atoms with Crippen molar-refractivity contribution in [2.45, 2.75) is 25.8 Å². The molecule has 1 atom stereocenters. The molecular weight excluding hydrogens is 311 g/mol. The molecule has 1 aliphatic heterocycles. The van der Waals surface area contributed by atoms with E-state index in [2.05, 4.69) is 28.2 Å². The molecule has 104 valence electrons. The molecule has 1 aliphatic rings. The van der Waals surface area contributed by atoms with Crippen molar-refractivity contribution >= 4 is 21.8 Å². The maximum absolute atomic E-state index is 13.2. The molecule has 1 aromatic carbocycles. The predicted octanol–water partition coefficient (Wildman–Crippen LogP) is 2.80. The van der Waals surface area contributed by atoms with Gasteiger partial charge in [0.15, 0.2) is 0 Å². The van der Waals surface area contributed by atoms with Crippen LogP contribution in [0.5, 0.6) is 0 Å². The first kappa shape index (κ1) is 14.5. The number of rotatable bonds is 4. The molecule has 1 fully saturated rings. The van der Waals surface area contributed by atoms with Gasteiger partial charge in [-0.3, -0.25) is 4.79 Å². The van der Waals surface area contributed by atoms with Crippen LogP contribution >= 0.6 is 15.9 Å². The van der Waals surface area contributed by atoms with E-state index >= 15 is 0 Å². The average Bonchev–Trinajstić information content (AvgIpc) is 2.92. The van der Waals surface area contributed by atoms with E-state index in [-0.39, 0.29) is 17.8 Å². The highest BCUT2D eigenvalue weighted by atomic mass is 79.9. The minimum Gasteiger partial charge on any atom is -0.334 e. The summed E-state index contributed by atoms with van der Waals surface area (Å²) in [5.41, 5.74) is 0.536. The second kappa shape index (κ2) is 6.48. The van der Waals surface area contributed by atoms with Gasteiger partial charge in [-0.25, -0.2) is 4.39 Å². The van der Waals surface area contributed by atoms with Crippen LogP contribution in [-0.4, -0.2) is 36.5 Å². The van der Waals surface area contributed by atoms with Crippen molar-refractivity contribution in [1.82, 2.24) is 10.2 Å². The topological polar surface area (TPSA) is 32.3 Å². The molecule has 0 spiro atoms. The van der Waals surface area contributed by atoms with Gasteiger partial charge < -0.3 is 10.2 Å². The summed E-state index contributed by atoms with van der Waals surface area (Å²) in [4.78, 5) is 14.4. The Balaban J connectivity index is 2.20. The van der Waals surface area contributed by atoms with E-state index in [0.717, 1.165) is 32.5 Å². The fourth-order valence-electron chi connectivity index (χ4n) is 2.39. The Bertz CT molecular complexity index is 461. The molecule has 1 aromatic rings. The fourth-order valence-corrected chi connectivity index (χ4v) is 2.77. The number of nitrogens with zero attached hydrogens (tertiary/aromatic N) is 1. The number of benzene rings is 1. The molecule has 1 saturated heterocycles. The van der Waals surface area contributed by atoms with Crippen LogP contribution < -0.4 is 5.32 Å². The minimum absolute atomic E-state index is 0.0174. The summed E-state index contributed by atoms with van der Waals surface area (Å²) in [6.07, 6.45) is 1.90. The highest BCUT2D eigenvalue weighted by Crippen LogP contribution is 2.20. The van der Waals surface area contributed by atoms with Gasteiger partial charge in [-0.1, -0.05) is 6.92 Å². The van der Waals surface area contributed by atoms with Crippen LogP contribution in [0.25, 0.3) is 0 Å². The molecule has 2 rings (SSSR count). The van der Waals surface area contributed by atoms with E-state index in [1.807, 2.05) is 4.90 Å². The van der Waals surface area contributed by atoms with Crippen LogP contribution in [0.1, 0.15) is 30.1 Å². The number of carbonyl (C=O) groups excluding carboxylic acids is 1. The monoisotopic (exact) mass is 328 g/mol. The molecule has 0 bridgehead atoms. The summed E-state index contributed by atoms with van der Waals surface area (Å²) < 4.78 is 13.6. The van der Waals surface area contributed by atoms with Crippen molar-refractivity contribution in [2.75, 3.05) is 19.6 Å². The summed E-state index contributed by atoms with van der Waals surface area (Å²) >= 11 is 3.13. The second-order valence-electron chi connectivity index (χ2n) is 4.77. The third kappa shape index (κ3) is 3.34. The highest BCUT2D eigenvalue weighted by Gasteiger charge is 2.26. The summed E-state index contributed by atoms with van der Waals surface area (Å²) in [7, 11) is 0. The molecule has 5 heteroatoms. The summed E-state index contributed by atoms with van der Waals surface area (Å²) in [5, 5.41) is 3.27. The third-order valence-electron chi connectivity index (χ3n) is 3.37. The highest BCUT2D eigenvalue weighted by molar-refractivity contribution is 9.10. The molecule has 19 heavy (non-hydrogen) atoms. The van der Waals surface area contributed by atoms with Crippen molar-refractivity contribution in [3.63, 3.8) is 0 Å². The Kier molecular flexibility index (Phi) is 4.93. The predicted molar refractivity (Wildman–Crippen MR) is 76.7 cm³/mol. The van der Waals surface area contributed by atoms with Crippen LogP contribution in [0.2, 0.25) is 0 Å². The van der Waals surface area contributed by atoms with E-state index in [1.165, 1.54) is 6.07 Å². The average molecular weight is 329 g/mol. The van der Waals surface area contributed by atoms with Crippen LogP contribution in [-0.2, 0) is 0 Å². The van der Waals surface area contributed by atoms with Crippen molar-refractivity contribution < 1.29 is 9.18 Å². The lowest BCUT2D eigenvalue weighted by atomic mass is 10.1. The third-order valence-corrected chi connectivity index (χ3v) is 3.97.